The molecule has 2 aromatic rings. The highest BCUT2D eigenvalue weighted by Crippen LogP contribution is 2.25. The van der Waals surface area contributed by atoms with Crippen molar-refractivity contribution >= 4 is 57.2 Å². The number of hydrogen-bond donors (Lipinski definition) is 2. The maximum atomic E-state index is 11.6. The highest BCUT2D eigenvalue weighted by molar-refractivity contribution is 9.10. The van der Waals surface area contributed by atoms with E-state index in [0.717, 1.165) is 10.0 Å². The van der Waals surface area contributed by atoms with E-state index >= 15 is 0 Å². The Bertz CT molecular complexity index is 919. The minimum atomic E-state index is -0.886. The third-order valence-corrected chi connectivity index (χ3v) is 4.43. The van der Waals surface area contributed by atoms with Crippen LogP contribution >= 0.6 is 39.1 Å². The summed E-state index contributed by atoms with van der Waals surface area (Å²) in [5, 5.41) is 7.19. The van der Waals surface area contributed by atoms with Crippen molar-refractivity contribution in [1.82, 2.24) is 10.7 Å². The molecule has 0 saturated heterocycles. The molecular weight excluding hydrogens is 469 g/mol. The summed E-state index contributed by atoms with van der Waals surface area (Å²) in [6.07, 6.45) is 2.84. The van der Waals surface area contributed by atoms with Crippen LogP contribution in [0.1, 0.15) is 11.1 Å². The molecule has 0 heterocycles. The van der Waals surface area contributed by atoms with E-state index in [4.69, 9.17) is 27.9 Å². The molecule has 6 nitrogen and oxygen atoms in total. The molecule has 9 heteroatoms. The predicted octanol–water partition coefficient (Wildman–Crippen LogP) is 4.09. The number of amides is 2. The van der Waals surface area contributed by atoms with Crippen molar-refractivity contribution in [3.05, 3.63) is 74.7 Å². The molecule has 0 fully saturated rings. The average Bonchev–Trinajstić information content (AvgIpc) is 2.66. The number of rotatable bonds is 7. The molecule has 0 saturated carbocycles. The summed E-state index contributed by atoms with van der Waals surface area (Å²) in [4.78, 5) is 23.1. The Morgan fingerprint density at radius 2 is 1.96 bits per heavy atom. The van der Waals surface area contributed by atoms with Crippen LogP contribution in [-0.2, 0) is 16.2 Å². The van der Waals surface area contributed by atoms with E-state index < -0.39 is 11.8 Å². The molecule has 2 aromatic carbocycles. The van der Waals surface area contributed by atoms with E-state index in [1.165, 1.54) is 12.3 Å². The van der Waals surface area contributed by atoms with Crippen molar-refractivity contribution in [1.29, 1.82) is 0 Å². The summed E-state index contributed by atoms with van der Waals surface area (Å²) in [5.41, 5.74) is 3.51. The fourth-order valence-electron chi connectivity index (χ4n) is 2.00. The molecule has 0 aliphatic rings. The molecule has 0 aromatic heterocycles. The van der Waals surface area contributed by atoms with Crippen molar-refractivity contribution in [3.63, 3.8) is 0 Å². The second kappa shape index (κ2) is 10.8. The third-order valence-electron chi connectivity index (χ3n) is 3.35. The number of halogens is 3. The number of ether oxygens (including phenoxy) is 1. The summed E-state index contributed by atoms with van der Waals surface area (Å²) in [7, 11) is 0. The van der Waals surface area contributed by atoms with Crippen molar-refractivity contribution < 1.29 is 14.3 Å². The number of nitrogens with one attached hydrogen (secondary N) is 2. The lowest BCUT2D eigenvalue weighted by atomic mass is 10.2. The van der Waals surface area contributed by atoms with Gasteiger partial charge in [-0.2, -0.15) is 5.10 Å². The van der Waals surface area contributed by atoms with Gasteiger partial charge in [-0.05, 0) is 30.3 Å². The highest BCUT2D eigenvalue weighted by Gasteiger charge is 2.11. The molecule has 146 valence electrons. The first kappa shape index (κ1) is 21.9. The van der Waals surface area contributed by atoms with E-state index in [1.54, 1.807) is 36.4 Å². The Labute approximate surface area is 180 Å². The molecule has 0 bridgehead atoms. The lowest BCUT2D eigenvalue weighted by Gasteiger charge is -2.11. The van der Waals surface area contributed by atoms with Crippen molar-refractivity contribution in [3.8, 4) is 5.75 Å². The summed E-state index contributed by atoms with van der Waals surface area (Å²) < 4.78 is 6.61. The standard InChI is InChI=1S/C19H16BrCl2N3O3/c1-2-7-23-18(26)19(27)25-24-10-13-8-14(20)4-6-17(13)28-11-12-3-5-15(21)9-16(12)22/h2-6,8-10H,1,7,11H2,(H,23,26)(H,25,27)/b24-10-. The molecule has 0 unspecified atom stereocenters. The summed E-state index contributed by atoms with van der Waals surface area (Å²) >= 11 is 15.4. The van der Waals surface area contributed by atoms with Crippen LogP contribution in [-0.4, -0.2) is 24.6 Å². The summed E-state index contributed by atoms with van der Waals surface area (Å²) in [5.74, 6) is -1.17. The molecule has 2 amide bonds. The van der Waals surface area contributed by atoms with Crippen LogP contribution in [0, 0.1) is 0 Å². The molecule has 0 radical (unpaired) electrons. The van der Waals surface area contributed by atoms with Crippen LogP contribution in [0.2, 0.25) is 10.0 Å². The average molecular weight is 485 g/mol. The first-order valence-corrected chi connectivity index (χ1v) is 9.54. The highest BCUT2D eigenvalue weighted by atomic mass is 79.9. The van der Waals surface area contributed by atoms with Crippen LogP contribution in [0.5, 0.6) is 5.75 Å². The van der Waals surface area contributed by atoms with Gasteiger partial charge < -0.3 is 10.1 Å². The quantitative estimate of drug-likeness (QED) is 0.269. The van der Waals surface area contributed by atoms with E-state index in [-0.39, 0.29) is 13.2 Å². The number of carbonyl (C=O) groups excluding carboxylic acids is 2. The molecule has 2 N–H and O–H groups in total. The van der Waals surface area contributed by atoms with Gasteiger partial charge in [0.25, 0.3) is 0 Å². The zero-order valence-electron chi connectivity index (χ0n) is 14.5. The molecule has 0 spiro atoms. The third kappa shape index (κ3) is 6.67. The number of hydrogen-bond acceptors (Lipinski definition) is 4. The van der Waals surface area contributed by atoms with Gasteiger partial charge in [-0.3, -0.25) is 9.59 Å². The number of benzene rings is 2. The number of nitrogens with zero attached hydrogens (tertiary/aromatic N) is 1. The Morgan fingerprint density at radius 3 is 2.68 bits per heavy atom. The van der Waals surface area contributed by atoms with Crippen LogP contribution in [0.3, 0.4) is 0 Å². The SMILES string of the molecule is C=CCNC(=O)C(=O)N/N=C\c1cc(Br)ccc1OCc1ccc(Cl)cc1Cl. The Kier molecular flexibility index (Phi) is 8.50. The van der Waals surface area contributed by atoms with E-state index in [1.807, 2.05) is 0 Å². The smallest absolute Gasteiger partial charge is 0.329 e. The summed E-state index contributed by atoms with van der Waals surface area (Å²) in [6, 6.07) is 10.4. The second-order valence-corrected chi connectivity index (χ2v) is 7.16. The van der Waals surface area contributed by atoms with Gasteiger partial charge in [0.05, 0.1) is 6.21 Å². The molecule has 0 aliphatic carbocycles. The molecule has 2 rings (SSSR count). The number of hydrazone groups is 1. The largest absolute Gasteiger partial charge is 0.488 e. The lowest BCUT2D eigenvalue weighted by molar-refractivity contribution is -0.139. The van der Waals surface area contributed by atoms with Gasteiger partial charge in [0, 0.05) is 32.2 Å². The maximum absolute atomic E-state index is 11.6. The zero-order valence-corrected chi connectivity index (χ0v) is 17.6. The van der Waals surface area contributed by atoms with Crippen molar-refractivity contribution in [2.24, 2.45) is 5.10 Å². The first-order chi connectivity index (χ1) is 13.4. The molecule has 28 heavy (non-hydrogen) atoms. The fourth-order valence-corrected chi connectivity index (χ4v) is 2.84. The monoisotopic (exact) mass is 483 g/mol. The van der Waals surface area contributed by atoms with Crippen LogP contribution < -0.4 is 15.5 Å². The van der Waals surface area contributed by atoms with Gasteiger partial charge in [0.2, 0.25) is 0 Å². The van der Waals surface area contributed by atoms with Gasteiger partial charge in [-0.1, -0.05) is 51.3 Å². The maximum Gasteiger partial charge on any atom is 0.329 e. The van der Waals surface area contributed by atoms with Crippen molar-refractivity contribution in [2.75, 3.05) is 6.54 Å². The van der Waals surface area contributed by atoms with Gasteiger partial charge in [-0.15, -0.1) is 6.58 Å². The minimum absolute atomic E-state index is 0.187. The van der Waals surface area contributed by atoms with Gasteiger partial charge in [0.1, 0.15) is 12.4 Å². The molecule has 0 atom stereocenters. The fraction of sp³-hybridized carbons (Fsp3) is 0.105. The number of carbonyl (C=O) groups is 2. The Hall–Kier alpha value is -2.35. The Morgan fingerprint density at radius 1 is 1.18 bits per heavy atom. The van der Waals surface area contributed by atoms with Gasteiger partial charge in [-0.25, -0.2) is 5.43 Å². The van der Waals surface area contributed by atoms with E-state index in [9.17, 15) is 9.59 Å². The Balaban J connectivity index is 2.06. The minimum Gasteiger partial charge on any atom is -0.488 e. The van der Waals surface area contributed by atoms with Crippen LogP contribution in [0.15, 0.2) is 58.6 Å². The van der Waals surface area contributed by atoms with Crippen LogP contribution in [0.4, 0.5) is 0 Å². The predicted molar refractivity (Wildman–Crippen MR) is 114 cm³/mol. The second-order valence-electron chi connectivity index (χ2n) is 5.40. The van der Waals surface area contributed by atoms with Crippen molar-refractivity contribution in [2.45, 2.75) is 6.61 Å². The van der Waals surface area contributed by atoms with E-state index in [2.05, 4.69) is 38.4 Å². The van der Waals surface area contributed by atoms with Crippen LogP contribution in [0.25, 0.3) is 0 Å². The van der Waals surface area contributed by atoms with Gasteiger partial charge in [0.15, 0.2) is 0 Å². The van der Waals surface area contributed by atoms with E-state index in [0.29, 0.717) is 21.4 Å². The normalized spacial score (nSPS) is 10.5. The first-order valence-electron chi connectivity index (χ1n) is 7.99. The van der Waals surface area contributed by atoms with Gasteiger partial charge >= 0.3 is 11.8 Å². The lowest BCUT2D eigenvalue weighted by Crippen LogP contribution is -2.37. The molecular formula is C19H16BrCl2N3O3. The zero-order chi connectivity index (χ0) is 20.5. The molecule has 0 aliphatic heterocycles. The topological polar surface area (TPSA) is 79.8 Å². The summed E-state index contributed by atoms with van der Waals surface area (Å²) in [6.45, 7) is 3.86.